The number of hydrogen-bond donors (Lipinski definition) is 1. The fraction of sp³-hybridized carbons (Fsp3) is 0.545. The van der Waals surface area contributed by atoms with Crippen molar-refractivity contribution in [3.05, 3.63) is 10.7 Å². The molecule has 1 aliphatic rings. The third kappa shape index (κ3) is 2.38. The number of hydrogen-bond acceptors (Lipinski definition) is 7. The number of rotatable bonds is 3. The summed E-state index contributed by atoms with van der Waals surface area (Å²) in [4.78, 5) is 8.20. The van der Waals surface area contributed by atoms with Crippen LogP contribution in [0.2, 0.25) is 0 Å². The second kappa shape index (κ2) is 4.91. The molecule has 18 heavy (non-hydrogen) atoms. The molecule has 1 aliphatic heterocycles. The predicted octanol–water partition coefficient (Wildman–Crippen LogP) is 2.15. The Balaban J connectivity index is 1.81. The summed E-state index contributed by atoms with van der Waals surface area (Å²) in [6.07, 6.45) is 2.62. The topological polar surface area (TPSA) is 67.9 Å². The minimum atomic E-state index is 0.513. The molecule has 0 aromatic carbocycles. The van der Waals surface area contributed by atoms with Crippen molar-refractivity contribution in [3.8, 4) is 9.88 Å². The van der Waals surface area contributed by atoms with Gasteiger partial charge in [-0.15, -0.1) is 21.5 Å². The third-order valence-corrected chi connectivity index (χ3v) is 5.08. The molecular weight excluding hydrogens is 266 g/mol. The van der Waals surface area contributed by atoms with Gasteiger partial charge < -0.3 is 5.73 Å². The lowest BCUT2D eigenvalue weighted by atomic mass is 10.4. The van der Waals surface area contributed by atoms with E-state index >= 15 is 0 Å². The molecule has 0 bridgehead atoms. The summed E-state index contributed by atoms with van der Waals surface area (Å²) >= 11 is 3.14. The highest BCUT2D eigenvalue weighted by Gasteiger charge is 2.17. The fourth-order valence-electron chi connectivity index (χ4n) is 2.18. The first-order valence-corrected chi connectivity index (χ1v) is 7.63. The van der Waals surface area contributed by atoms with Crippen molar-refractivity contribution in [1.82, 2.24) is 20.1 Å². The molecule has 0 radical (unpaired) electrons. The Morgan fingerprint density at radius 2 is 2.00 bits per heavy atom. The van der Waals surface area contributed by atoms with Crippen molar-refractivity contribution in [3.63, 3.8) is 0 Å². The maximum atomic E-state index is 5.63. The largest absolute Gasteiger partial charge is 0.374 e. The maximum Gasteiger partial charge on any atom is 0.203 e. The standard InChI is InChI=1S/C11H15N5S2/c1-7-9(10-14-15-11(12)18-10)17-8(13-7)6-16-4-2-3-5-16/h2-6H2,1H3,(H2,12,15). The Bertz CT molecular complexity index is 541. The fourth-order valence-corrected chi connectivity index (χ4v) is 4.02. The second-order valence-electron chi connectivity index (χ2n) is 4.45. The maximum absolute atomic E-state index is 5.63. The van der Waals surface area contributed by atoms with Crippen LogP contribution in [0.1, 0.15) is 23.5 Å². The van der Waals surface area contributed by atoms with Crippen LogP contribution in [0.5, 0.6) is 0 Å². The Morgan fingerprint density at radius 1 is 1.22 bits per heavy atom. The summed E-state index contributed by atoms with van der Waals surface area (Å²) < 4.78 is 0. The molecule has 1 saturated heterocycles. The van der Waals surface area contributed by atoms with Crippen molar-refractivity contribution >= 4 is 27.8 Å². The zero-order chi connectivity index (χ0) is 12.5. The van der Waals surface area contributed by atoms with E-state index in [0.717, 1.165) is 27.1 Å². The van der Waals surface area contributed by atoms with Crippen LogP contribution in [0.15, 0.2) is 0 Å². The highest BCUT2D eigenvalue weighted by atomic mass is 32.1. The summed E-state index contributed by atoms with van der Waals surface area (Å²) in [5.41, 5.74) is 6.66. The molecule has 7 heteroatoms. The summed E-state index contributed by atoms with van der Waals surface area (Å²) in [5.74, 6) is 0. The van der Waals surface area contributed by atoms with Crippen LogP contribution < -0.4 is 5.73 Å². The van der Waals surface area contributed by atoms with Gasteiger partial charge in [0, 0.05) is 0 Å². The SMILES string of the molecule is Cc1nc(CN2CCCC2)sc1-c1nnc(N)s1. The monoisotopic (exact) mass is 281 g/mol. The first-order chi connectivity index (χ1) is 8.72. The van der Waals surface area contributed by atoms with Gasteiger partial charge in [-0.3, -0.25) is 4.90 Å². The summed E-state index contributed by atoms with van der Waals surface area (Å²) in [6, 6.07) is 0. The van der Waals surface area contributed by atoms with Gasteiger partial charge in [-0.05, 0) is 32.9 Å². The van der Waals surface area contributed by atoms with Crippen LogP contribution in [0.25, 0.3) is 9.88 Å². The van der Waals surface area contributed by atoms with Crippen molar-refractivity contribution < 1.29 is 0 Å². The zero-order valence-electron chi connectivity index (χ0n) is 10.2. The van der Waals surface area contributed by atoms with Crippen molar-refractivity contribution in [1.29, 1.82) is 0 Å². The van der Waals surface area contributed by atoms with Gasteiger partial charge in [-0.1, -0.05) is 11.3 Å². The van der Waals surface area contributed by atoms with E-state index in [9.17, 15) is 0 Å². The number of aryl methyl sites for hydroxylation is 1. The van der Waals surface area contributed by atoms with Crippen LogP contribution in [-0.2, 0) is 6.54 Å². The number of nitrogens with two attached hydrogens (primary N) is 1. The Kier molecular flexibility index (Phi) is 3.27. The Morgan fingerprint density at radius 3 is 2.67 bits per heavy atom. The van der Waals surface area contributed by atoms with Gasteiger partial charge >= 0.3 is 0 Å². The molecular formula is C11H15N5S2. The van der Waals surface area contributed by atoms with Crippen LogP contribution in [-0.4, -0.2) is 33.2 Å². The van der Waals surface area contributed by atoms with E-state index in [-0.39, 0.29) is 0 Å². The summed E-state index contributed by atoms with van der Waals surface area (Å²) in [6.45, 7) is 5.37. The van der Waals surface area contributed by atoms with Gasteiger partial charge in [0.15, 0.2) is 5.01 Å². The lowest BCUT2D eigenvalue weighted by molar-refractivity contribution is 0.330. The Hall–Kier alpha value is -1.05. The molecule has 2 aromatic rings. The van der Waals surface area contributed by atoms with E-state index in [4.69, 9.17) is 5.73 Å². The number of anilines is 1. The molecule has 1 fully saturated rings. The smallest absolute Gasteiger partial charge is 0.203 e. The van der Waals surface area contributed by atoms with Gasteiger partial charge in [0.1, 0.15) is 5.01 Å². The molecule has 0 spiro atoms. The minimum absolute atomic E-state index is 0.513. The molecule has 3 rings (SSSR count). The molecule has 0 amide bonds. The van der Waals surface area contributed by atoms with E-state index in [1.165, 1.54) is 37.3 Å². The second-order valence-corrected chi connectivity index (χ2v) is 6.54. The normalized spacial score (nSPS) is 16.5. The molecule has 2 aromatic heterocycles. The quantitative estimate of drug-likeness (QED) is 0.933. The first-order valence-electron chi connectivity index (χ1n) is 6.00. The average Bonchev–Trinajstić information content (AvgIpc) is 3.02. The first kappa shape index (κ1) is 12.0. The third-order valence-electron chi connectivity index (χ3n) is 3.03. The van der Waals surface area contributed by atoms with Gasteiger partial charge in [-0.25, -0.2) is 4.98 Å². The average molecular weight is 281 g/mol. The number of thiazole rings is 1. The molecule has 2 N–H and O–H groups in total. The molecule has 0 unspecified atom stereocenters. The lowest BCUT2D eigenvalue weighted by Crippen LogP contribution is -2.18. The molecule has 5 nitrogen and oxygen atoms in total. The number of nitrogen functional groups attached to an aromatic ring is 1. The predicted molar refractivity (Wildman–Crippen MR) is 74.7 cm³/mol. The van der Waals surface area contributed by atoms with Crippen molar-refractivity contribution in [2.75, 3.05) is 18.8 Å². The molecule has 3 heterocycles. The minimum Gasteiger partial charge on any atom is -0.374 e. The van der Waals surface area contributed by atoms with Crippen LogP contribution >= 0.6 is 22.7 Å². The summed E-state index contributed by atoms with van der Waals surface area (Å²) in [7, 11) is 0. The Labute approximate surface area is 114 Å². The van der Waals surface area contributed by atoms with Gasteiger partial charge in [0.2, 0.25) is 5.13 Å². The van der Waals surface area contributed by atoms with Gasteiger partial charge in [0.25, 0.3) is 0 Å². The zero-order valence-corrected chi connectivity index (χ0v) is 11.9. The van der Waals surface area contributed by atoms with E-state index in [2.05, 4.69) is 20.1 Å². The summed E-state index contributed by atoms with van der Waals surface area (Å²) in [5, 5.41) is 10.5. The van der Waals surface area contributed by atoms with Crippen LogP contribution in [0.3, 0.4) is 0 Å². The molecule has 0 aliphatic carbocycles. The highest BCUT2D eigenvalue weighted by Crippen LogP contribution is 2.33. The van der Waals surface area contributed by atoms with E-state index in [1.54, 1.807) is 11.3 Å². The van der Waals surface area contributed by atoms with E-state index in [1.807, 2.05) is 6.92 Å². The number of nitrogens with zero attached hydrogens (tertiary/aromatic N) is 4. The van der Waals surface area contributed by atoms with Crippen molar-refractivity contribution in [2.24, 2.45) is 0 Å². The van der Waals surface area contributed by atoms with Crippen molar-refractivity contribution in [2.45, 2.75) is 26.3 Å². The van der Waals surface area contributed by atoms with Gasteiger partial charge in [0.05, 0.1) is 17.1 Å². The number of likely N-dealkylation sites (tertiary alicyclic amines) is 1. The molecule has 0 atom stereocenters. The van der Waals surface area contributed by atoms with Gasteiger partial charge in [-0.2, -0.15) is 0 Å². The lowest BCUT2D eigenvalue weighted by Gasteiger charge is -2.11. The van der Waals surface area contributed by atoms with E-state index in [0.29, 0.717) is 5.13 Å². The number of aromatic nitrogens is 3. The molecule has 0 saturated carbocycles. The highest BCUT2D eigenvalue weighted by molar-refractivity contribution is 7.23. The molecule has 96 valence electrons. The van der Waals surface area contributed by atoms with Crippen LogP contribution in [0.4, 0.5) is 5.13 Å². The van der Waals surface area contributed by atoms with Crippen LogP contribution in [0, 0.1) is 6.92 Å². The van der Waals surface area contributed by atoms with E-state index < -0.39 is 0 Å².